The van der Waals surface area contributed by atoms with Crippen molar-refractivity contribution in [3.05, 3.63) is 108 Å². The second-order valence-electron chi connectivity index (χ2n) is 7.61. The molecular weight excluding hydrogens is 418 g/mol. The van der Waals surface area contributed by atoms with Crippen molar-refractivity contribution < 1.29 is 9.59 Å². The molecular formula is C24H21N7O2. The van der Waals surface area contributed by atoms with Crippen molar-refractivity contribution in [2.45, 2.75) is 19.1 Å². The van der Waals surface area contributed by atoms with E-state index < -0.39 is 6.04 Å². The summed E-state index contributed by atoms with van der Waals surface area (Å²) in [4.78, 5) is 44.8. The van der Waals surface area contributed by atoms with Gasteiger partial charge >= 0.3 is 0 Å². The van der Waals surface area contributed by atoms with Gasteiger partial charge < -0.3 is 14.8 Å². The van der Waals surface area contributed by atoms with Gasteiger partial charge in [0.2, 0.25) is 5.82 Å². The lowest BCUT2D eigenvalue weighted by molar-refractivity contribution is 0.0646. The monoisotopic (exact) mass is 439 g/mol. The highest BCUT2D eigenvalue weighted by Crippen LogP contribution is 2.32. The number of nitrogens with zero attached hydrogens (tertiary/aromatic N) is 6. The molecule has 1 aromatic carbocycles. The normalized spacial score (nSPS) is 15.0. The van der Waals surface area contributed by atoms with Crippen LogP contribution in [-0.2, 0) is 13.1 Å². The third kappa shape index (κ3) is 4.20. The highest BCUT2D eigenvalue weighted by Gasteiger charge is 2.36. The highest BCUT2D eigenvalue weighted by atomic mass is 16.2. The summed E-state index contributed by atoms with van der Waals surface area (Å²) in [5.41, 5.74) is 2.10. The van der Waals surface area contributed by atoms with Gasteiger partial charge in [0, 0.05) is 50.6 Å². The average molecular weight is 439 g/mol. The smallest absolute Gasteiger partial charge is 0.292 e. The number of benzene rings is 1. The van der Waals surface area contributed by atoms with Gasteiger partial charge in [-0.3, -0.25) is 14.6 Å². The number of hydrogen-bond donors (Lipinski definition) is 1. The number of pyridine rings is 1. The van der Waals surface area contributed by atoms with Gasteiger partial charge in [-0.2, -0.15) is 0 Å². The summed E-state index contributed by atoms with van der Waals surface area (Å²) in [6.07, 6.45) is 8.23. The van der Waals surface area contributed by atoms with E-state index >= 15 is 0 Å². The van der Waals surface area contributed by atoms with E-state index in [1.165, 1.54) is 0 Å². The Morgan fingerprint density at radius 2 is 1.79 bits per heavy atom. The second kappa shape index (κ2) is 8.99. The molecule has 0 spiro atoms. The number of carbonyl (C=O) groups excluding carboxylic acids is 2. The van der Waals surface area contributed by atoms with Crippen molar-refractivity contribution in [1.29, 1.82) is 0 Å². The lowest BCUT2D eigenvalue weighted by atomic mass is 10.0. The van der Waals surface area contributed by atoms with Crippen LogP contribution in [0.4, 0.5) is 0 Å². The van der Waals surface area contributed by atoms with Gasteiger partial charge in [-0.15, -0.1) is 0 Å². The van der Waals surface area contributed by atoms with Crippen molar-refractivity contribution in [3.8, 4) is 0 Å². The Labute approximate surface area is 190 Å². The van der Waals surface area contributed by atoms with Gasteiger partial charge in [0.25, 0.3) is 11.8 Å². The van der Waals surface area contributed by atoms with E-state index in [0.29, 0.717) is 31.2 Å². The van der Waals surface area contributed by atoms with E-state index in [9.17, 15) is 9.59 Å². The lowest BCUT2D eigenvalue weighted by Gasteiger charge is -2.35. The maximum Gasteiger partial charge on any atom is 0.292 e. The Morgan fingerprint density at radius 3 is 2.55 bits per heavy atom. The lowest BCUT2D eigenvalue weighted by Crippen LogP contribution is -2.43. The van der Waals surface area contributed by atoms with Crippen LogP contribution in [0.5, 0.6) is 0 Å². The number of fused-ring (bicyclic) bond motifs is 1. The van der Waals surface area contributed by atoms with Gasteiger partial charge in [0.05, 0.1) is 0 Å². The summed E-state index contributed by atoms with van der Waals surface area (Å²) in [5.74, 6) is 0.203. The number of hydrogen-bond acceptors (Lipinski definition) is 6. The molecule has 9 nitrogen and oxygen atoms in total. The molecule has 1 atom stereocenters. The molecule has 2 amide bonds. The zero-order chi connectivity index (χ0) is 22.6. The van der Waals surface area contributed by atoms with Crippen LogP contribution in [0.15, 0.2) is 79.5 Å². The summed E-state index contributed by atoms with van der Waals surface area (Å²) in [6.45, 7) is 1.31. The van der Waals surface area contributed by atoms with Crippen LogP contribution in [0.2, 0.25) is 0 Å². The molecule has 0 fully saturated rings. The van der Waals surface area contributed by atoms with Crippen LogP contribution in [0.1, 0.15) is 44.1 Å². The fraction of sp³-hybridized carbons (Fsp3) is 0.167. The zero-order valence-electron chi connectivity index (χ0n) is 17.7. The number of rotatable bonds is 5. The number of nitrogens with one attached hydrogen (secondary N) is 1. The van der Waals surface area contributed by atoms with Crippen LogP contribution in [0.3, 0.4) is 0 Å². The molecule has 1 aliphatic heterocycles. The summed E-state index contributed by atoms with van der Waals surface area (Å²) in [6, 6.07) is 14.6. The Balaban J connectivity index is 1.45. The molecule has 0 saturated carbocycles. The minimum atomic E-state index is -0.462. The van der Waals surface area contributed by atoms with Gasteiger partial charge in [0.1, 0.15) is 17.6 Å². The molecule has 5 rings (SSSR count). The maximum atomic E-state index is 13.3. The van der Waals surface area contributed by atoms with E-state index in [1.807, 2.05) is 47.0 Å². The summed E-state index contributed by atoms with van der Waals surface area (Å²) in [7, 11) is 0. The summed E-state index contributed by atoms with van der Waals surface area (Å²) >= 11 is 0. The fourth-order valence-electron chi connectivity index (χ4n) is 3.92. The van der Waals surface area contributed by atoms with Crippen LogP contribution in [0, 0.1) is 0 Å². The average Bonchev–Trinajstić information content (AvgIpc) is 3.32. The summed E-state index contributed by atoms with van der Waals surface area (Å²) < 4.78 is 1.94. The van der Waals surface area contributed by atoms with Crippen LogP contribution < -0.4 is 5.32 Å². The van der Waals surface area contributed by atoms with E-state index in [1.54, 1.807) is 42.0 Å². The number of imidazole rings is 1. The molecule has 0 saturated heterocycles. The van der Waals surface area contributed by atoms with Gasteiger partial charge in [-0.25, -0.2) is 15.0 Å². The first kappa shape index (κ1) is 20.5. The number of aromatic nitrogens is 5. The number of amides is 2. The fourth-order valence-corrected chi connectivity index (χ4v) is 3.92. The molecule has 0 radical (unpaired) electrons. The topological polar surface area (TPSA) is 106 Å². The summed E-state index contributed by atoms with van der Waals surface area (Å²) in [5, 5.41) is 2.88. The van der Waals surface area contributed by atoms with Crippen LogP contribution in [-0.4, -0.2) is 47.8 Å². The van der Waals surface area contributed by atoms with Crippen molar-refractivity contribution in [3.63, 3.8) is 0 Å². The standard InChI is InChI=1S/C24H21N7O2/c32-23(28-15-17-6-4-9-25-14-17)19-16-30-12-13-31(24(33)21-26-10-5-11-27-21)20(22(30)29-19)18-7-2-1-3-8-18/h1-11,14,16,20H,12-13,15H2,(H,28,32). The molecule has 1 unspecified atom stereocenters. The molecule has 4 aromatic rings. The van der Waals surface area contributed by atoms with E-state index in [-0.39, 0.29) is 17.6 Å². The molecule has 1 N–H and O–H groups in total. The third-order valence-electron chi connectivity index (χ3n) is 5.49. The molecule has 33 heavy (non-hydrogen) atoms. The third-order valence-corrected chi connectivity index (χ3v) is 5.49. The Hall–Kier alpha value is -4.40. The molecule has 164 valence electrons. The first-order valence-corrected chi connectivity index (χ1v) is 10.6. The quantitative estimate of drug-likeness (QED) is 0.511. The number of carbonyl (C=O) groups is 2. The zero-order valence-corrected chi connectivity index (χ0v) is 17.7. The van der Waals surface area contributed by atoms with E-state index in [2.05, 4.69) is 25.3 Å². The Kier molecular flexibility index (Phi) is 5.59. The SMILES string of the molecule is O=C(NCc1cccnc1)c1cn2c(n1)C(c1ccccc1)N(C(=O)c1ncccn1)CC2. The predicted molar refractivity (Wildman–Crippen MR) is 119 cm³/mol. The minimum absolute atomic E-state index is 0.132. The Bertz CT molecular complexity index is 1260. The van der Waals surface area contributed by atoms with Crippen LogP contribution in [0.25, 0.3) is 0 Å². The van der Waals surface area contributed by atoms with E-state index in [0.717, 1.165) is 11.1 Å². The predicted octanol–water partition coefficient (Wildman–Crippen LogP) is 2.24. The second-order valence-corrected chi connectivity index (χ2v) is 7.61. The van der Waals surface area contributed by atoms with Crippen molar-refractivity contribution >= 4 is 11.8 Å². The molecule has 0 aliphatic carbocycles. The first-order chi connectivity index (χ1) is 16.2. The van der Waals surface area contributed by atoms with E-state index in [4.69, 9.17) is 0 Å². The molecule has 4 heterocycles. The largest absolute Gasteiger partial charge is 0.347 e. The van der Waals surface area contributed by atoms with Gasteiger partial charge in [-0.1, -0.05) is 36.4 Å². The first-order valence-electron chi connectivity index (χ1n) is 10.6. The molecule has 9 heteroatoms. The molecule has 3 aromatic heterocycles. The molecule has 0 bridgehead atoms. The Morgan fingerprint density at radius 1 is 0.970 bits per heavy atom. The maximum absolute atomic E-state index is 13.3. The molecule has 1 aliphatic rings. The van der Waals surface area contributed by atoms with Crippen molar-refractivity contribution in [2.75, 3.05) is 6.54 Å². The van der Waals surface area contributed by atoms with Crippen LogP contribution >= 0.6 is 0 Å². The van der Waals surface area contributed by atoms with Crippen molar-refractivity contribution in [1.82, 2.24) is 34.7 Å². The van der Waals surface area contributed by atoms with Gasteiger partial charge in [-0.05, 0) is 23.3 Å². The highest BCUT2D eigenvalue weighted by molar-refractivity contribution is 5.93. The van der Waals surface area contributed by atoms with Gasteiger partial charge in [0.15, 0.2) is 0 Å². The van der Waals surface area contributed by atoms with Crippen molar-refractivity contribution in [2.24, 2.45) is 0 Å². The minimum Gasteiger partial charge on any atom is -0.347 e.